The van der Waals surface area contributed by atoms with Crippen molar-refractivity contribution in [1.29, 1.82) is 5.41 Å². The number of aldehydes is 2. The Hall–Kier alpha value is -4.34. The van der Waals surface area contributed by atoms with Crippen LogP contribution in [0.5, 0.6) is 11.5 Å². The van der Waals surface area contributed by atoms with Crippen molar-refractivity contribution in [2.24, 2.45) is 0 Å². The summed E-state index contributed by atoms with van der Waals surface area (Å²) < 4.78 is 19.6. The summed E-state index contributed by atoms with van der Waals surface area (Å²) in [6.07, 6.45) is 0.701. The first kappa shape index (κ1) is 23.9. The van der Waals surface area contributed by atoms with Gasteiger partial charge in [-0.05, 0) is 48.5 Å². The number of ether oxygens (including phenoxy) is 4. The van der Waals surface area contributed by atoms with E-state index >= 15 is 0 Å². The van der Waals surface area contributed by atoms with Crippen molar-refractivity contribution in [3.63, 3.8) is 0 Å². The van der Waals surface area contributed by atoms with Gasteiger partial charge in [-0.3, -0.25) is 19.8 Å². The quantitative estimate of drug-likeness (QED) is 0.182. The van der Waals surface area contributed by atoms with Crippen LogP contribution >= 0.6 is 0 Å². The summed E-state index contributed by atoms with van der Waals surface area (Å²) >= 11 is 0. The van der Waals surface area contributed by atoms with Crippen molar-refractivity contribution in [2.75, 3.05) is 13.2 Å². The van der Waals surface area contributed by atoms with E-state index in [1.165, 1.54) is 48.5 Å². The molecule has 0 aromatic heterocycles. The summed E-state index contributed by atoms with van der Waals surface area (Å²) in [7, 11) is 0. The highest BCUT2D eigenvalue weighted by Crippen LogP contribution is 2.12. The van der Waals surface area contributed by atoms with Gasteiger partial charge in [0.25, 0.3) is 0 Å². The van der Waals surface area contributed by atoms with E-state index in [2.05, 4.69) is 4.74 Å². The summed E-state index contributed by atoms with van der Waals surface area (Å²) in [6.45, 7) is -0.999. The van der Waals surface area contributed by atoms with Crippen LogP contribution in [0.15, 0.2) is 48.5 Å². The van der Waals surface area contributed by atoms with Crippen molar-refractivity contribution in [2.45, 2.75) is 12.8 Å². The summed E-state index contributed by atoms with van der Waals surface area (Å²) in [5, 5.41) is 7.58. The van der Waals surface area contributed by atoms with Gasteiger partial charge in [0.15, 0.2) is 19.1 Å². The third kappa shape index (κ3) is 8.57. The molecule has 0 aliphatic heterocycles. The normalized spacial score (nSPS) is 9.88. The molecular formula is C22H19NO9. The molecular weight excluding hydrogens is 422 g/mol. The molecule has 1 N–H and O–H groups in total. The molecule has 0 heterocycles. The van der Waals surface area contributed by atoms with Crippen LogP contribution in [0.3, 0.4) is 0 Å². The van der Waals surface area contributed by atoms with Gasteiger partial charge in [-0.15, -0.1) is 0 Å². The second-order valence-corrected chi connectivity index (χ2v) is 6.19. The Labute approximate surface area is 182 Å². The molecule has 0 aliphatic carbocycles. The number of esters is 3. The molecule has 0 aliphatic rings. The highest BCUT2D eigenvalue weighted by Gasteiger charge is 2.15. The number of hydrogen-bond acceptors (Lipinski definition) is 10. The van der Waals surface area contributed by atoms with E-state index in [9.17, 15) is 24.0 Å². The standard InChI is InChI=1S/C22H19NO9/c23-19(31-21(27)13-29-17-5-1-15(11-24)2-6-17)9-10-20(26)32-22(28)14-30-18-7-3-16(12-25)4-8-18/h1-8,11-12,23H,9-10,13-14H2. The van der Waals surface area contributed by atoms with Crippen LogP contribution in [0.25, 0.3) is 0 Å². The third-order valence-electron chi connectivity index (χ3n) is 3.77. The minimum atomic E-state index is -0.938. The minimum absolute atomic E-state index is 0.264. The first-order chi connectivity index (χ1) is 15.4. The average molecular weight is 441 g/mol. The third-order valence-corrected chi connectivity index (χ3v) is 3.77. The molecule has 0 radical (unpaired) electrons. The fraction of sp³-hybridized carbons (Fsp3) is 0.182. The molecule has 0 amide bonds. The molecule has 0 unspecified atom stereocenters. The molecule has 2 rings (SSSR count). The van der Waals surface area contributed by atoms with Crippen molar-refractivity contribution in [1.82, 2.24) is 0 Å². The summed E-state index contributed by atoms with van der Waals surface area (Å²) in [6, 6.07) is 12.0. The maximum Gasteiger partial charge on any atom is 0.351 e. The van der Waals surface area contributed by atoms with Crippen molar-refractivity contribution < 1.29 is 42.9 Å². The monoisotopic (exact) mass is 441 g/mol. The topological polar surface area (TPSA) is 146 Å². The molecule has 0 spiro atoms. The molecule has 0 saturated carbocycles. The molecule has 166 valence electrons. The van der Waals surface area contributed by atoms with Crippen LogP contribution in [0.4, 0.5) is 0 Å². The molecule has 10 heteroatoms. The van der Waals surface area contributed by atoms with Crippen LogP contribution in [-0.4, -0.2) is 49.6 Å². The summed E-state index contributed by atoms with van der Waals surface area (Å²) in [4.78, 5) is 56.1. The zero-order valence-corrected chi connectivity index (χ0v) is 16.8. The van der Waals surface area contributed by atoms with Gasteiger partial charge in [0.2, 0.25) is 0 Å². The van der Waals surface area contributed by atoms with Gasteiger partial charge < -0.3 is 18.9 Å². The molecule has 0 saturated heterocycles. The van der Waals surface area contributed by atoms with Crippen LogP contribution in [-0.2, 0) is 23.9 Å². The smallest absolute Gasteiger partial charge is 0.351 e. The Kier molecular flexibility index (Phi) is 9.26. The lowest BCUT2D eigenvalue weighted by Crippen LogP contribution is -2.21. The van der Waals surface area contributed by atoms with Gasteiger partial charge in [-0.2, -0.15) is 0 Å². The van der Waals surface area contributed by atoms with Crippen LogP contribution in [0.1, 0.15) is 33.6 Å². The van der Waals surface area contributed by atoms with Gasteiger partial charge in [0.1, 0.15) is 24.1 Å². The van der Waals surface area contributed by atoms with E-state index in [0.29, 0.717) is 35.2 Å². The number of carbonyl (C=O) groups is 5. The van der Waals surface area contributed by atoms with Crippen LogP contribution in [0.2, 0.25) is 0 Å². The lowest BCUT2D eigenvalue weighted by atomic mass is 10.2. The van der Waals surface area contributed by atoms with Gasteiger partial charge in [-0.25, -0.2) is 9.59 Å². The van der Waals surface area contributed by atoms with Gasteiger partial charge in [0.05, 0.1) is 6.42 Å². The first-order valence-corrected chi connectivity index (χ1v) is 9.27. The van der Waals surface area contributed by atoms with E-state index in [4.69, 9.17) is 19.6 Å². The second-order valence-electron chi connectivity index (χ2n) is 6.19. The van der Waals surface area contributed by atoms with Crippen molar-refractivity contribution >= 4 is 36.4 Å². The zero-order valence-electron chi connectivity index (χ0n) is 16.8. The molecule has 2 aromatic rings. The van der Waals surface area contributed by atoms with Gasteiger partial charge in [-0.1, -0.05) is 0 Å². The zero-order chi connectivity index (χ0) is 23.3. The number of rotatable bonds is 11. The molecule has 32 heavy (non-hydrogen) atoms. The van der Waals surface area contributed by atoms with Crippen molar-refractivity contribution in [3.05, 3.63) is 59.7 Å². The van der Waals surface area contributed by atoms with E-state index in [0.717, 1.165) is 0 Å². The lowest BCUT2D eigenvalue weighted by Gasteiger charge is -2.08. The summed E-state index contributed by atoms with van der Waals surface area (Å²) in [5.41, 5.74) is 0.893. The molecule has 10 nitrogen and oxygen atoms in total. The highest BCUT2D eigenvalue weighted by molar-refractivity contribution is 5.91. The van der Waals surface area contributed by atoms with Crippen LogP contribution in [0, 0.1) is 5.41 Å². The minimum Gasteiger partial charge on any atom is -0.482 e. The number of benzene rings is 2. The van der Waals surface area contributed by atoms with E-state index < -0.39 is 37.0 Å². The van der Waals surface area contributed by atoms with E-state index in [-0.39, 0.29) is 12.8 Å². The van der Waals surface area contributed by atoms with E-state index in [1.54, 1.807) is 0 Å². The lowest BCUT2D eigenvalue weighted by molar-refractivity contribution is -0.161. The Balaban J connectivity index is 1.62. The molecule has 2 aromatic carbocycles. The fourth-order valence-electron chi connectivity index (χ4n) is 2.21. The number of nitrogens with one attached hydrogen (secondary N) is 1. The largest absolute Gasteiger partial charge is 0.482 e. The highest BCUT2D eigenvalue weighted by atomic mass is 16.6. The SMILES string of the molecule is N=C(CCC(=O)OC(=O)COc1ccc(C=O)cc1)OC(=O)COc1ccc(C=O)cc1. The maximum absolute atomic E-state index is 11.7. The fourth-order valence-corrected chi connectivity index (χ4v) is 2.21. The Morgan fingerprint density at radius 3 is 1.53 bits per heavy atom. The van der Waals surface area contributed by atoms with Crippen LogP contribution < -0.4 is 9.47 Å². The second kappa shape index (κ2) is 12.4. The maximum atomic E-state index is 11.7. The van der Waals surface area contributed by atoms with Gasteiger partial charge in [0, 0.05) is 17.5 Å². The number of carbonyl (C=O) groups excluding carboxylic acids is 5. The average Bonchev–Trinajstić information content (AvgIpc) is 2.80. The van der Waals surface area contributed by atoms with Gasteiger partial charge >= 0.3 is 17.9 Å². The first-order valence-electron chi connectivity index (χ1n) is 9.27. The molecule has 0 bridgehead atoms. The van der Waals surface area contributed by atoms with Crippen molar-refractivity contribution in [3.8, 4) is 11.5 Å². The number of hydrogen-bond donors (Lipinski definition) is 1. The summed E-state index contributed by atoms with van der Waals surface area (Å²) in [5.74, 6) is -2.55. The predicted octanol–water partition coefficient (Wildman–Crippen LogP) is 2.14. The Bertz CT molecular complexity index is 900. The Morgan fingerprint density at radius 2 is 1.09 bits per heavy atom. The molecule has 0 atom stereocenters. The predicted molar refractivity (Wildman–Crippen MR) is 109 cm³/mol. The van der Waals surface area contributed by atoms with E-state index in [1.807, 2.05) is 0 Å². The Morgan fingerprint density at radius 1 is 0.656 bits per heavy atom. The molecule has 0 fully saturated rings.